The first-order chi connectivity index (χ1) is 7.72. The van der Waals surface area contributed by atoms with E-state index in [4.69, 9.17) is 5.73 Å². The van der Waals surface area contributed by atoms with Gasteiger partial charge in [0.15, 0.2) is 5.82 Å². The van der Waals surface area contributed by atoms with Crippen molar-refractivity contribution < 1.29 is 0 Å². The fourth-order valence-corrected chi connectivity index (χ4v) is 3.19. The van der Waals surface area contributed by atoms with Gasteiger partial charge in [0, 0.05) is 12.5 Å². The lowest BCUT2D eigenvalue weighted by Gasteiger charge is -2.17. The lowest BCUT2D eigenvalue weighted by Crippen LogP contribution is -2.32. The summed E-state index contributed by atoms with van der Waals surface area (Å²) in [4.78, 5) is 5.65. The SMILES string of the molecule is NC1CCc2nc(-c3ccc(Br)s3)nn2C1. The molecule has 3 rings (SSSR count). The second-order valence-electron chi connectivity index (χ2n) is 3.94. The Balaban J connectivity index is 1.98. The molecule has 0 amide bonds. The van der Waals surface area contributed by atoms with Crippen LogP contribution in [-0.4, -0.2) is 20.8 Å². The van der Waals surface area contributed by atoms with Crippen molar-refractivity contribution in [1.29, 1.82) is 0 Å². The van der Waals surface area contributed by atoms with Gasteiger partial charge in [-0.3, -0.25) is 0 Å². The summed E-state index contributed by atoms with van der Waals surface area (Å²) in [6.45, 7) is 0.787. The van der Waals surface area contributed by atoms with Crippen LogP contribution in [0.25, 0.3) is 10.7 Å². The highest BCUT2D eigenvalue weighted by Crippen LogP contribution is 2.29. The highest BCUT2D eigenvalue weighted by molar-refractivity contribution is 9.11. The first kappa shape index (κ1) is 10.4. The second-order valence-corrected chi connectivity index (χ2v) is 6.40. The summed E-state index contributed by atoms with van der Waals surface area (Å²) in [6.07, 6.45) is 1.94. The minimum absolute atomic E-state index is 0.220. The van der Waals surface area contributed by atoms with E-state index in [9.17, 15) is 0 Å². The third kappa shape index (κ3) is 1.81. The van der Waals surface area contributed by atoms with Gasteiger partial charge in [-0.1, -0.05) is 0 Å². The molecule has 6 heteroatoms. The summed E-state index contributed by atoms with van der Waals surface area (Å²) < 4.78 is 3.05. The maximum atomic E-state index is 5.91. The van der Waals surface area contributed by atoms with Crippen molar-refractivity contribution in [3.05, 3.63) is 21.7 Å². The first-order valence-corrected chi connectivity index (χ1v) is 6.78. The molecule has 4 nitrogen and oxygen atoms in total. The summed E-state index contributed by atoms with van der Waals surface area (Å²) in [5.74, 6) is 1.88. The molecular weight excluding hydrogens is 288 g/mol. The summed E-state index contributed by atoms with van der Waals surface area (Å²) in [5, 5.41) is 4.50. The predicted octanol–water partition coefficient (Wildman–Crippen LogP) is 2.04. The zero-order valence-electron chi connectivity index (χ0n) is 8.56. The van der Waals surface area contributed by atoms with Gasteiger partial charge in [0.05, 0.1) is 15.2 Å². The summed E-state index contributed by atoms with van der Waals surface area (Å²) >= 11 is 5.10. The van der Waals surface area contributed by atoms with Gasteiger partial charge in [0.1, 0.15) is 5.82 Å². The zero-order chi connectivity index (χ0) is 11.1. The number of thiophene rings is 1. The molecule has 2 aromatic rings. The van der Waals surface area contributed by atoms with E-state index in [-0.39, 0.29) is 6.04 Å². The van der Waals surface area contributed by atoms with Crippen molar-refractivity contribution in [1.82, 2.24) is 14.8 Å². The zero-order valence-corrected chi connectivity index (χ0v) is 11.0. The number of fused-ring (bicyclic) bond motifs is 1. The quantitative estimate of drug-likeness (QED) is 0.876. The van der Waals surface area contributed by atoms with Crippen LogP contribution in [0, 0.1) is 0 Å². The molecule has 0 fully saturated rings. The number of aromatic nitrogens is 3. The number of nitrogens with two attached hydrogens (primary N) is 1. The average molecular weight is 299 g/mol. The van der Waals surface area contributed by atoms with Crippen LogP contribution in [0.4, 0.5) is 0 Å². The van der Waals surface area contributed by atoms with Crippen molar-refractivity contribution in [2.75, 3.05) is 0 Å². The smallest absolute Gasteiger partial charge is 0.191 e. The number of hydrogen-bond acceptors (Lipinski definition) is 4. The molecule has 3 heterocycles. The van der Waals surface area contributed by atoms with E-state index >= 15 is 0 Å². The topological polar surface area (TPSA) is 56.7 Å². The van der Waals surface area contributed by atoms with Gasteiger partial charge < -0.3 is 5.73 Å². The standard InChI is InChI=1S/C10H11BrN4S/c11-8-3-2-7(16-8)10-13-9-4-1-6(12)5-15(9)14-10/h2-3,6H,1,4-5,12H2. The number of aryl methyl sites for hydroxylation is 1. The van der Waals surface area contributed by atoms with Crippen LogP contribution in [0.5, 0.6) is 0 Å². The molecule has 1 aliphatic rings. The Hall–Kier alpha value is -0.720. The normalized spacial score (nSPS) is 19.8. The Bertz CT molecular complexity index is 519. The molecule has 16 heavy (non-hydrogen) atoms. The van der Waals surface area contributed by atoms with Gasteiger partial charge in [-0.15, -0.1) is 16.4 Å². The third-order valence-corrected chi connectivity index (χ3v) is 4.31. The fraction of sp³-hybridized carbons (Fsp3) is 0.400. The van der Waals surface area contributed by atoms with Crippen LogP contribution >= 0.6 is 27.3 Å². The average Bonchev–Trinajstić information content (AvgIpc) is 2.83. The summed E-state index contributed by atoms with van der Waals surface area (Å²) in [5.41, 5.74) is 5.91. The molecule has 0 aromatic carbocycles. The molecule has 84 valence electrons. The highest BCUT2D eigenvalue weighted by Gasteiger charge is 2.19. The molecule has 2 N–H and O–H groups in total. The van der Waals surface area contributed by atoms with Gasteiger partial charge in [0.2, 0.25) is 0 Å². The minimum atomic E-state index is 0.220. The number of halogens is 1. The summed E-state index contributed by atoms with van der Waals surface area (Å²) in [6, 6.07) is 4.28. The van der Waals surface area contributed by atoms with E-state index in [0.717, 1.165) is 39.7 Å². The lowest BCUT2D eigenvalue weighted by atomic mass is 10.1. The molecule has 0 aliphatic carbocycles. The second kappa shape index (κ2) is 3.94. The highest BCUT2D eigenvalue weighted by atomic mass is 79.9. The first-order valence-electron chi connectivity index (χ1n) is 5.17. The number of rotatable bonds is 1. The van der Waals surface area contributed by atoms with E-state index in [1.165, 1.54) is 0 Å². The van der Waals surface area contributed by atoms with Gasteiger partial charge in [-0.2, -0.15) is 0 Å². The minimum Gasteiger partial charge on any atom is -0.326 e. The molecule has 1 atom stereocenters. The van der Waals surface area contributed by atoms with Crippen LogP contribution in [0.2, 0.25) is 0 Å². The molecule has 0 spiro atoms. The molecule has 0 saturated heterocycles. The molecule has 0 saturated carbocycles. The summed E-state index contributed by atoms with van der Waals surface area (Å²) in [7, 11) is 0. The maximum Gasteiger partial charge on any atom is 0.191 e. The van der Waals surface area contributed by atoms with Crippen LogP contribution in [0.3, 0.4) is 0 Å². The van der Waals surface area contributed by atoms with E-state index in [1.54, 1.807) is 11.3 Å². The molecule has 1 aliphatic heterocycles. The third-order valence-electron chi connectivity index (χ3n) is 2.69. The van der Waals surface area contributed by atoms with Crippen molar-refractivity contribution in [2.45, 2.75) is 25.4 Å². The van der Waals surface area contributed by atoms with Crippen molar-refractivity contribution >= 4 is 27.3 Å². The molecule has 2 aromatic heterocycles. The molecule has 0 bridgehead atoms. The largest absolute Gasteiger partial charge is 0.326 e. The van der Waals surface area contributed by atoms with Gasteiger partial charge in [0.25, 0.3) is 0 Å². The van der Waals surface area contributed by atoms with Gasteiger partial charge in [-0.05, 0) is 34.5 Å². The Morgan fingerprint density at radius 3 is 3.12 bits per heavy atom. The fourth-order valence-electron chi connectivity index (χ4n) is 1.87. The van der Waals surface area contributed by atoms with Crippen LogP contribution in [0.1, 0.15) is 12.2 Å². The van der Waals surface area contributed by atoms with Crippen LogP contribution in [0.15, 0.2) is 15.9 Å². The van der Waals surface area contributed by atoms with Crippen molar-refractivity contribution in [2.24, 2.45) is 5.73 Å². The Kier molecular flexibility index (Phi) is 2.57. The molecule has 1 unspecified atom stereocenters. The van der Waals surface area contributed by atoms with E-state index in [2.05, 4.69) is 26.0 Å². The van der Waals surface area contributed by atoms with Crippen molar-refractivity contribution in [3.63, 3.8) is 0 Å². The Morgan fingerprint density at radius 2 is 2.38 bits per heavy atom. The number of nitrogens with zero attached hydrogens (tertiary/aromatic N) is 3. The lowest BCUT2D eigenvalue weighted by molar-refractivity contribution is 0.422. The van der Waals surface area contributed by atoms with Crippen LogP contribution in [-0.2, 0) is 13.0 Å². The number of hydrogen-bond donors (Lipinski definition) is 1. The Labute approximate surface area is 106 Å². The molecular formula is C10H11BrN4S. The van der Waals surface area contributed by atoms with Gasteiger partial charge >= 0.3 is 0 Å². The van der Waals surface area contributed by atoms with Gasteiger partial charge in [-0.25, -0.2) is 9.67 Å². The van der Waals surface area contributed by atoms with E-state index in [0.29, 0.717) is 0 Å². The Morgan fingerprint density at radius 1 is 1.50 bits per heavy atom. The predicted molar refractivity (Wildman–Crippen MR) is 67.3 cm³/mol. The van der Waals surface area contributed by atoms with Crippen LogP contribution < -0.4 is 5.73 Å². The monoisotopic (exact) mass is 298 g/mol. The van der Waals surface area contributed by atoms with E-state index in [1.807, 2.05) is 16.8 Å². The maximum absolute atomic E-state index is 5.91. The molecule has 0 radical (unpaired) electrons. The van der Waals surface area contributed by atoms with E-state index < -0.39 is 0 Å². The van der Waals surface area contributed by atoms with Crippen molar-refractivity contribution in [3.8, 4) is 10.7 Å².